The Morgan fingerprint density at radius 2 is 2.05 bits per heavy atom. The van der Waals surface area contributed by atoms with Gasteiger partial charge in [-0.15, -0.1) is 0 Å². The van der Waals surface area contributed by atoms with Crippen LogP contribution in [0.1, 0.15) is 19.3 Å². The van der Waals surface area contributed by atoms with Crippen molar-refractivity contribution in [2.75, 3.05) is 25.6 Å². The molecular formula is C13H19N3O4S. The molecule has 0 saturated carbocycles. The zero-order valence-electron chi connectivity index (χ0n) is 11.6. The van der Waals surface area contributed by atoms with Gasteiger partial charge in [0.1, 0.15) is 0 Å². The number of hydrogen-bond donors (Lipinski definition) is 2. The lowest BCUT2D eigenvalue weighted by atomic mass is 9.87. The molecule has 0 aromatic carbocycles. The van der Waals surface area contributed by atoms with Crippen LogP contribution in [0.5, 0.6) is 0 Å². The van der Waals surface area contributed by atoms with Crippen LogP contribution in [0, 0.1) is 0 Å². The van der Waals surface area contributed by atoms with Gasteiger partial charge in [-0.25, -0.2) is 18.1 Å². The highest BCUT2D eigenvalue weighted by atomic mass is 32.2. The Bertz CT molecular complexity index is 596. The second-order valence-corrected chi connectivity index (χ2v) is 7.08. The van der Waals surface area contributed by atoms with Crippen molar-refractivity contribution in [3.63, 3.8) is 0 Å². The molecule has 2 aliphatic heterocycles. The van der Waals surface area contributed by atoms with Gasteiger partial charge in [-0.3, -0.25) is 0 Å². The first-order valence-corrected chi connectivity index (χ1v) is 8.46. The molecule has 0 amide bonds. The molecule has 21 heavy (non-hydrogen) atoms. The van der Waals surface area contributed by atoms with E-state index in [1.165, 1.54) is 18.3 Å². The van der Waals surface area contributed by atoms with Crippen molar-refractivity contribution in [2.45, 2.75) is 35.9 Å². The maximum absolute atomic E-state index is 12.4. The lowest BCUT2D eigenvalue weighted by molar-refractivity contribution is -0.0858. The molecule has 3 heterocycles. The van der Waals surface area contributed by atoms with Crippen molar-refractivity contribution >= 4 is 15.7 Å². The van der Waals surface area contributed by atoms with Crippen molar-refractivity contribution < 1.29 is 17.9 Å². The summed E-state index contributed by atoms with van der Waals surface area (Å²) >= 11 is 0. The Kier molecular flexibility index (Phi) is 3.87. The number of pyridine rings is 1. The van der Waals surface area contributed by atoms with Gasteiger partial charge in [0.2, 0.25) is 0 Å². The van der Waals surface area contributed by atoms with Gasteiger partial charge in [0, 0.05) is 32.7 Å². The molecule has 8 heteroatoms. The predicted molar refractivity (Wildman–Crippen MR) is 76.1 cm³/mol. The van der Waals surface area contributed by atoms with E-state index in [-0.39, 0.29) is 11.1 Å². The number of hydrogen-bond acceptors (Lipinski definition) is 6. The van der Waals surface area contributed by atoms with E-state index in [0.29, 0.717) is 44.8 Å². The number of anilines is 1. The van der Waals surface area contributed by atoms with Crippen LogP contribution in [0.3, 0.4) is 0 Å². The SMILES string of the molecule is Nc1ccc(S(=O)(=O)NC2CCOC23CCOCC3)nc1. The minimum absolute atomic E-state index is 0.0224. The van der Waals surface area contributed by atoms with E-state index in [2.05, 4.69) is 9.71 Å². The minimum atomic E-state index is -3.67. The number of sulfonamides is 1. The Balaban J connectivity index is 1.80. The first-order valence-electron chi connectivity index (χ1n) is 6.97. The molecule has 1 aromatic rings. The third kappa shape index (κ3) is 2.89. The van der Waals surface area contributed by atoms with Crippen LogP contribution in [0.2, 0.25) is 0 Å². The summed E-state index contributed by atoms with van der Waals surface area (Å²) in [6, 6.07) is 2.69. The van der Waals surface area contributed by atoms with Crippen molar-refractivity contribution in [1.82, 2.24) is 9.71 Å². The fraction of sp³-hybridized carbons (Fsp3) is 0.615. The summed E-state index contributed by atoms with van der Waals surface area (Å²) in [5, 5.41) is -0.0224. The van der Waals surface area contributed by atoms with Gasteiger partial charge in [-0.05, 0) is 18.6 Å². The second-order valence-electron chi connectivity index (χ2n) is 5.42. The summed E-state index contributed by atoms with van der Waals surface area (Å²) in [4.78, 5) is 3.88. The first-order chi connectivity index (χ1) is 10.0. The maximum Gasteiger partial charge on any atom is 0.258 e. The third-order valence-electron chi connectivity index (χ3n) is 4.10. The molecule has 0 aliphatic carbocycles. The number of ether oxygens (including phenoxy) is 2. The molecule has 3 rings (SSSR count). The van der Waals surface area contributed by atoms with E-state index in [1.54, 1.807) is 0 Å². The fourth-order valence-electron chi connectivity index (χ4n) is 2.92. The van der Waals surface area contributed by atoms with Gasteiger partial charge in [0.05, 0.1) is 23.5 Å². The standard InChI is InChI=1S/C13H19N3O4S/c14-10-1-2-12(15-9-10)21(17,18)16-11-3-6-20-13(11)4-7-19-8-5-13/h1-2,9,11,16H,3-8,14H2. The van der Waals surface area contributed by atoms with Crippen molar-refractivity contribution in [1.29, 1.82) is 0 Å². The number of nitrogens with zero attached hydrogens (tertiary/aromatic N) is 1. The molecule has 1 aromatic heterocycles. The molecule has 0 radical (unpaired) electrons. The predicted octanol–water partition coefficient (Wildman–Crippen LogP) is 0.280. The second kappa shape index (κ2) is 5.53. The Morgan fingerprint density at radius 1 is 1.29 bits per heavy atom. The Hall–Kier alpha value is -1.22. The van der Waals surface area contributed by atoms with E-state index < -0.39 is 15.6 Å². The summed E-state index contributed by atoms with van der Waals surface area (Å²) < 4.78 is 38.8. The molecule has 2 saturated heterocycles. The summed E-state index contributed by atoms with van der Waals surface area (Å²) in [7, 11) is -3.67. The number of rotatable bonds is 3. The quantitative estimate of drug-likeness (QED) is 0.831. The van der Waals surface area contributed by atoms with Crippen molar-refractivity contribution in [3.8, 4) is 0 Å². The van der Waals surface area contributed by atoms with Gasteiger partial charge in [0.15, 0.2) is 5.03 Å². The third-order valence-corrected chi connectivity index (χ3v) is 5.49. The molecule has 2 fully saturated rings. The lowest BCUT2D eigenvalue weighted by Crippen LogP contribution is -2.52. The molecular weight excluding hydrogens is 294 g/mol. The summed E-state index contributed by atoms with van der Waals surface area (Å²) in [6.45, 7) is 1.75. The number of nitrogens with two attached hydrogens (primary N) is 1. The number of nitrogens with one attached hydrogen (secondary N) is 1. The Morgan fingerprint density at radius 3 is 2.71 bits per heavy atom. The van der Waals surface area contributed by atoms with Gasteiger partial charge in [-0.1, -0.05) is 0 Å². The van der Waals surface area contributed by atoms with Gasteiger partial charge in [-0.2, -0.15) is 0 Å². The molecule has 116 valence electrons. The van der Waals surface area contributed by atoms with Gasteiger partial charge < -0.3 is 15.2 Å². The van der Waals surface area contributed by atoms with E-state index in [4.69, 9.17) is 15.2 Å². The summed E-state index contributed by atoms with van der Waals surface area (Å²) in [5.41, 5.74) is 5.52. The fourth-order valence-corrected chi connectivity index (χ4v) is 4.18. The molecule has 7 nitrogen and oxygen atoms in total. The van der Waals surface area contributed by atoms with Crippen LogP contribution in [0.4, 0.5) is 5.69 Å². The van der Waals surface area contributed by atoms with Crippen LogP contribution in [-0.2, 0) is 19.5 Å². The monoisotopic (exact) mass is 313 g/mol. The zero-order chi connectivity index (χ0) is 14.9. The van der Waals surface area contributed by atoms with E-state index in [9.17, 15) is 8.42 Å². The normalized spacial score (nSPS) is 25.2. The average molecular weight is 313 g/mol. The molecule has 1 atom stereocenters. The smallest absolute Gasteiger partial charge is 0.258 e. The van der Waals surface area contributed by atoms with Crippen LogP contribution in [0.25, 0.3) is 0 Å². The summed E-state index contributed by atoms with van der Waals surface area (Å²) in [5.74, 6) is 0. The number of aromatic nitrogens is 1. The molecule has 0 bridgehead atoms. The maximum atomic E-state index is 12.4. The van der Waals surface area contributed by atoms with Crippen molar-refractivity contribution in [3.05, 3.63) is 18.3 Å². The highest BCUT2D eigenvalue weighted by Crippen LogP contribution is 2.36. The minimum Gasteiger partial charge on any atom is -0.397 e. The largest absolute Gasteiger partial charge is 0.397 e. The van der Waals surface area contributed by atoms with E-state index in [0.717, 1.165) is 0 Å². The van der Waals surface area contributed by atoms with Crippen LogP contribution in [-0.4, -0.2) is 44.9 Å². The highest BCUT2D eigenvalue weighted by molar-refractivity contribution is 7.89. The number of nitrogen functional groups attached to an aromatic ring is 1. The van der Waals surface area contributed by atoms with Crippen molar-refractivity contribution in [2.24, 2.45) is 0 Å². The average Bonchev–Trinajstić information content (AvgIpc) is 2.82. The van der Waals surface area contributed by atoms with Gasteiger partial charge in [0.25, 0.3) is 10.0 Å². The molecule has 1 spiro atoms. The topological polar surface area (TPSA) is 104 Å². The zero-order valence-corrected chi connectivity index (χ0v) is 12.4. The molecule has 3 N–H and O–H groups in total. The molecule has 2 aliphatic rings. The molecule has 1 unspecified atom stereocenters. The van der Waals surface area contributed by atoms with E-state index >= 15 is 0 Å². The van der Waals surface area contributed by atoms with Crippen LogP contribution in [0.15, 0.2) is 23.4 Å². The van der Waals surface area contributed by atoms with Gasteiger partial charge >= 0.3 is 0 Å². The van der Waals surface area contributed by atoms with Crippen LogP contribution < -0.4 is 10.5 Å². The highest BCUT2D eigenvalue weighted by Gasteiger charge is 2.47. The Labute approximate surface area is 123 Å². The first kappa shape index (κ1) is 14.7. The van der Waals surface area contributed by atoms with E-state index in [1.807, 2.05) is 0 Å². The lowest BCUT2D eigenvalue weighted by Gasteiger charge is -2.37. The van der Waals surface area contributed by atoms with Crippen LogP contribution >= 0.6 is 0 Å². The summed E-state index contributed by atoms with van der Waals surface area (Å²) in [6.07, 6.45) is 3.41.